The lowest BCUT2D eigenvalue weighted by Crippen LogP contribution is -2.11. The smallest absolute Gasteiger partial charge is 0.227 e. The monoisotopic (exact) mass is 730 g/mol. The molecule has 4 heteroatoms. The first-order valence-electron chi connectivity index (χ1n) is 19.2. The molecule has 57 heavy (non-hydrogen) atoms. The van der Waals surface area contributed by atoms with Crippen LogP contribution in [0.1, 0.15) is 0 Å². The second-order valence-corrected chi connectivity index (χ2v) is 14.3. The van der Waals surface area contributed by atoms with E-state index >= 15 is 0 Å². The van der Waals surface area contributed by atoms with E-state index in [1.165, 1.54) is 27.5 Å². The molecule has 0 bridgehead atoms. The third-order valence-electron chi connectivity index (χ3n) is 10.9. The Kier molecular flexibility index (Phi) is 7.78. The number of furan rings is 1. The van der Waals surface area contributed by atoms with Gasteiger partial charge in [0.15, 0.2) is 5.58 Å². The maximum absolute atomic E-state index is 6.42. The Balaban J connectivity index is 1.01. The molecular weight excluding hydrogens is 697 g/mol. The van der Waals surface area contributed by atoms with Gasteiger partial charge in [-0.1, -0.05) is 140 Å². The fourth-order valence-corrected chi connectivity index (χ4v) is 8.16. The van der Waals surface area contributed by atoms with Crippen LogP contribution in [-0.4, -0.2) is 4.98 Å². The van der Waals surface area contributed by atoms with Crippen LogP contribution in [0.5, 0.6) is 0 Å². The Morgan fingerprint density at radius 3 is 1.77 bits per heavy atom. The van der Waals surface area contributed by atoms with Crippen molar-refractivity contribution < 1.29 is 8.83 Å². The summed E-state index contributed by atoms with van der Waals surface area (Å²) < 4.78 is 12.7. The van der Waals surface area contributed by atoms with Crippen LogP contribution in [0.15, 0.2) is 215 Å². The maximum Gasteiger partial charge on any atom is 0.227 e. The Morgan fingerprint density at radius 1 is 0.386 bits per heavy atom. The van der Waals surface area contributed by atoms with E-state index in [0.29, 0.717) is 5.89 Å². The van der Waals surface area contributed by atoms with Crippen LogP contribution in [0, 0.1) is 0 Å². The molecule has 0 N–H and O–H groups in total. The highest BCUT2D eigenvalue weighted by Gasteiger charge is 2.20. The van der Waals surface area contributed by atoms with E-state index < -0.39 is 0 Å². The summed E-state index contributed by atoms with van der Waals surface area (Å²) in [5.74, 6) is 0.598. The van der Waals surface area contributed by atoms with Crippen LogP contribution in [0.2, 0.25) is 0 Å². The Hall–Kier alpha value is -7.69. The van der Waals surface area contributed by atoms with Gasteiger partial charge in [0.1, 0.15) is 16.7 Å². The molecule has 0 radical (unpaired) electrons. The van der Waals surface area contributed by atoms with Gasteiger partial charge in [-0.2, -0.15) is 0 Å². The average Bonchev–Trinajstić information content (AvgIpc) is 3.89. The minimum atomic E-state index is 0.598. The predicted molar refractivity (Wildman–Crippen MR) is 235 cm³/mol. The summed E-state index contributed by atoms with van der Waals surface area (Å²) in [6, 6.07) is 72.5. The number of fused-ring (bicyclic) bond motifs is 6. The SMILES string of the molecule is c1ccc(-c2nc3ccc4oc5ccc(-c6ccc(N(c7ccc(-c8cccc9ccccc89)cc7)c7ccccc7-c7ccccc7)cc6)cc5c4c3o2)cc1. The highest BCUT2D eigenvalue weighted by molar-refractivity contribution is 6.17. The van der Waals surface area contributed by atoms with Gasteiger partial charge in [0.25, 0.3) is 0 Å². The van der Waals surface area contributed by atoms with E-state index in [4.69, 9.17) is 13.8 Å². The number of hydrogen-bond donors (Lipinski definition) is 0. The van der Waals surface area contributed by atoms with Crippen LogP contribution in [-0.2, 0) is 0 Å². The van der Waals surface area contributed by atoms with Gasteiger partial charge in [-0.25, -0.2) is 4.98 Å². The normalized spacial score (nSPS) is 11.5. The number of rotatable bonds is 7. The minimum absolute atomic E-state index is 0.598. The molecule has 268 valence electrons. The number of para-hydroxylation sites is 1. The fraction of sp³-hybridized carbons (Fsp3) is 0. The van der Waals surface area contributed by atoms with Gasteiger partial charge in [0, 0.05) is 27.9 Å². The number of aromatic nitrogens is 1. The zero-order chi connectivity index (χ0) is 37.7. The van der Waals surface area contributed by atoms with Gasteiger partial charge >= 0.3 is 0 Å². The first kappa shape index (κ1) is 32.7. The summed E-state index contributed by atoms with van der Waals surface area (Å²) in [7, 11) is 0. The molecule has 4 nitrogen and oxygen atoms in total. The lowest BCUT2D eigenvalue weighted by Gasteiger charge is -2.28. The van der Waals surface area contributed by atoms with Gasteiger partial charge < -0.3 is 13.7 Å². The molecule has 0 amide bonds. The predicted octanol–water partition coefficient (Wildman–Crippen LogP) is 15.0. The molecular formula is C53H34N2O2. The molecule has 0 aliphatic carbocycles. The topological polar surface area (TPSA) is 42.4 Å². The quantitative estimate of drug-likeness (QED) is 0.164. The minimum Gasteiger partial charge on any atom is -0.456 e. The number of benzene rings is 9. The van der Waals surface area contributed by atoms with Crippen LogP contribution in [0.4, 0.5) is 17.1 Å². The van der Waals surface area contributed by atoms with Crippen molar-refractivity contribution in [3.8, 4) is 44.8 Å². The van der Waals surface area contributed by atoms with Crippen molar-refractivity contribution >= 4 is 60.9 Å². The first-order valence-corrected chi connectivity index (χ1v) is 19.2. The molecule has 2 heterocycles. The summed E-state index contributed by atoms with van der Waals surface area (Å²) >= 11 is 0. The molecule has 0 unspecified atom stereocenters. The number of nitrogens with zero attached hydrogens (tertiary/aromatic N) is 2. The zero-order valence-electron chi connectivity index (χ0n) is 30.8. The van der Waals surface area contributed by atoms with Gasteiger partial charge in [-0.15, -0.1) is 0 Å². The number of anilines is 3. The largest absolute Gasteiger partial charge is 0.456 e. The fourth-order valence-electron chi connectivity index (χ4n) is 8.16. The highest BCUT2D eigenvalue weighted by atomic mass is 16.4. The molecule has 0 aliphatic heterocycles. The van der Waals surface area contributed by atoms with Crippen molar-refractivity contribution in [2.45, 2.75) is 0 Å². The van der Waals surface area contributed by atoms with Crippen molar-refractivity contribution in [1.29, 1.82) is 0 Å². The summed E-state index contributed by atoms with van der Waals surface area (Å²) in [5, 5.41) is 4.42. The van der Waals surface area contributed by atoms with Crippen molar-refractivity contribution in [2.24, 2.45) is 0 Å². The summed E-state index contributed by atoms with van der Waals surface area (Å²) in [4.78, 5) is 7.18. The van der Waals surface area contributed by atoms with Gasteiger partial charge in [-0.3, -0.25) is 0 Å². The number of hydrogen-bond acceptors (Lipinski definition) is 4. The zero-order valence-corrected chi connectivity index (χ0v) is 30.8. The highest BCUT2D eigenvalue weighted by Crippen LogP contribution is 2.43. The molecule has 0 spiro atoms. The molecule has 0 aliphatic rings. The molecule has 11 aromatic rings. The summed E-state index contributed by atoms with van der Waals surface area (Å²) in [5.41, 5.74) is 14.2. The van der Waals surface area contributed by atoms with Crippen LogP contribution < -0.4 is 4.90 Å². The third kappa shape index (κ3) is 5.74. The molecule has 0 atom stereocenters. The molecule has 2 aromatic heterocycles. The lowest BCUT2D eigenvalue weighted by molar-refractivity contribution is 0.622. The van der Waals surface area contributed by atoms with E-state index in [2.05, 4.69) is 169 Å². The van der Waals surface area contributed by atoms with Gasteiger partial charge in [0.05, 0.1) is 11.1 Å². The van der Waals surface area contributed by atoms with E-state index in [-0.39, 0.29) is 0 Å². The standard InChI is InChI=1S/C53H34N2O2/c1-3-12-37(13-4-1)45-19-9-10-21-48(45)55(42-29-24-38(25-30-42)44-20-11-17-36-14-7-8-18-43(36)44)41-27-22-35(23-28-41)40-26-32-49-46(34-40)51-50(56-49)33-31-47-52(51)57-53(54-47)39-15-5-2-6-16-39/h1-34H. The molecule has 0 fully saturated rings. The summed E-state index contributed by atoms with van der Waals surface area (Å²) in [6.45, 7) is 0. The van der Waals surface area contributed by atoms with Crippen LogP contribution in [0.25, 0.3) is 88.6 Å². The molecule has 0 saturated heterocycles. The van der Waals surface area contributed by atoms with E-state index in [9.17, 15) is 0 Å². The van der Waals surface area contributed by atoms with E-state index in [1.807, 2.05) is 42.5 Å². The van der Waals surface area contributed by atoms with E-state index in [1.54, 1.807) is 0 Å². The summed E-state index contributed by atoms with van der Waals surface area (Å²) in [6.07, 6.45) is 0. The van der Waals surface area contributed by atoms with Crippen molar-refractivity contribution in [3.05, 3.63) is 206 Å². The average molecular weight is 731 g/mol. The molecule has 9 aromatic carbocycles. The van der Waals surface area contributed by atoms with Crippen LogP contribution >= 0.6 is 0 Å². The van der Waals surface area contributed by atoms with E-state index in [0.717, 1.165) is 72.4 Å². The maximum atomic E-state index is 6.42. The van der Waals surface area contributed by atoms with Crippen molar-refractivity contribution in [2.75, 3.05) is 4.90 Å². The van der Waals surface area contributed by atoms with Crippen molar-refractivity contribution in [1.82, 2.24) is 4.98 Å². The van der Waals surface area contributed by atoms with Gasteiger partial charge in [0.2, 0.25) is 5.89 Å². The van der Waals surface area contributed by atoms with Gasteiger partial charge in [-0.05, 0) is 105 Å². The molecule has 0 saturated carbocycles. The Labute approximate surface area is 329 Å². The lowest BCUT2D eigenvalue weighted by atomic mass is 9.97. The second kappa shape index (κ2) is 13.6. The molecule has 11 rings (SSSR count). The number of oxazole rings is 1. The van der Waals surface area contributed by atoms with Crippen LogP contribution in [0.3, 0.4) is 0 Å². The van der Waals surface area contributed by atoms with Crippen molar-refractivity contribution in [3.63, 3.8) is 0 Å². The second-order valence-electron chi connectivity index (χ2n) is 14.3. The first-order chi connectivity index (χ1) is 28.2. The Bertz CT molecular complexity index is 3210. The third-order valence-corrected chi connectivity index (χ3v) is 10.9. The Morgan fingerprint density at radius 2 is 0.982 bits per heavy atom.